The number of hydrogen-bond acceptors (Lipinski definition) is 6. The average molecular weight is 563 g/mol. The number of hydrogen-bond donors (Lipinski definition) is 1. The Morgan fingerprint density at radius 1 is 1.18 bits per heavy atom. The maximum absolute atomic E-state index is 14.3. The summed E-state index contributed by atoms with van der Waals surface area (Å²) < 4.78 is 60.2. The van der Waals surface area contributed by atoms with Gasteiger partial charge in [-0.2, -0.15) is 13.9 Å². The molecule has 0 saturated carbocycles. The number of aromatic nitrogens is 3. The van der Waals surface area contributed by atoms with E-state index in [0.717, 1.165) is 12.1 Å². The first-order chi connectivity index (χ1) is 19.0. The topological polar surface area (TPSA) is 92.1 Å². The van der Waals surface area contributed by atoms with Gasteiger partial charge in [-0.3, -0.25) is 9.59 Å². The van der Waals surface area contributed by atoms with Crippen molar-refractivity contribution in [3.05, 3.63) is 77.5 Å². The maximum Gasteiger partial charge on any atom is 0.387 e. The van der Waals surface area contributed by atoms with E-state index in [1.165, 1.54) is 39.0 Å². The van der Waals surface area contributed by atoms with E-state index in [-0.39, 0.29) is 51.8 Å². The molecule has 0 fully saturated rings. The van der Waals surface area contributed by atoms with E-state index in [0.29, 0.717) is 6.42 Å². The van der Waals surface area contributed by atoms with Crippen molar-refractivity contribution in [1.82, 2.24) is 29.7 Å². The number of ether oxygens (including phenoxy) is 1. The van der Waals surface area contributed by atoms with Gasteiger partial charge in [0.25, 0.3) is 5.91 Å². The first-order valence-electron chi connectivity index (χ1n) is 12.3. The lowest BCUT2D eigenvalue weighted by Gasteiger charge is -2.22. The fourth-order valence-corrected chi connectivity index (χ4v) is 3.78. The molecule has 40 heavy (non-hydrogen) atoms. The van der Waals surface area contributed by atoms with E-state index < -0.39 is 25.4 Å². The zero-order valence-corrected chi connectivity index (χ0v) is 22.4. The minimum atomic E-state index is -3.21. The standard InChI is InChI=1S/C27H30F4N6O3/c1-5-7-18(19-12-17(21(29)13-28)8-9-23(19)40-27(30)31)22(15-36(4)16-24(38)35(2)3)34-26(39)20-14-33-37-11-6-10-32-25(20)37/h6-12,14-15,21,27H,5,13,16H2,1-4H3,(H,34,39)/b18-7-,22-15+. The molecule has 0 aliphatic heterocycles. The van der Waals surface area contributed by atoms with Crippen molar-refractivity contribution in [3.63, 3.8) is 0 Å². The van der Waals surface area contributed by atoms with Gasteiger partial charge in [-0.1, -0.05) is 19.1 Å². The van der Waals surface area contributed by atoms with E-state index in [9.17, 15) is 27.2 Å². The summed E-state index contributed by atoms with van der Waals surface area (Å²) in [7, 11) is 4.75. The number of carbonyl (C=O) groups is 2. The Balaban J connectivity index is 2.16. The van der Waals surface area contributed by atoms with Crippen LogP contribution in [0.2, 0.25) is 0 Å². The van der Waals surface area contributed by atoms with Gasteiger partial charge in [-0.15, -0.1) is 0 Å². The van der Waals surface area contributed by atoms with Crippen molar-refractivity contribution in [3.8, 4) is 5.75 Å². The molecule has 1 N–H and O–H groups in total. The van der Waals surface area contributed by atoms with Crippen LogP contribution in [0.15, 0.2) is 60.8 Å². The summed E-state index contributed by atoms with van der Waals surface area (Å²) in [5.74, 6) is -1.19. The van der Waals surface area contributed by atoms with E-state index in [4.69, 9.17) is 4.74 Å². The van der Waals surface area contributed by atoms with Gasteiger partial charge in [0.2, 0.25) is 5.91 Å². The third-order valence-corrected chi connectivity index (χ3v) is 5.71. The zero-order valence-electron chi connectivity index (χ0n) is 22.4. The number of halogens is 4. The second kappa shape index (κ2) is 13.6. The van der Waals surface area contributed by atoms with Gasteiger partial charge < -0.3 is 19.9 Å². The molecule has 13 heteroatoms. The highest BCUT2D eigenvalue weighted by atomic mass is 19.3. The Morgan fingerprint density at radius 2 is 1.93 bits per heavy atom. The lowest BCUT2D eigenvalue weighted by Crippen LogP contribution is -2.33. The molecule has 0 aliphatic carbocycles. The summed E-state index contributed by atoms with van der Waals surface area (Å²) in [4.78, 5) is 32.8. The van der Waals surface area contributed by atoms with Crippen LogP contribution < -0.4 is 10.1 Å². The van der Waals surface area contributed by atoms with Crippen LogP contribution in [0.25, 0.3) is 11.2 Å². The van der Waals surface area contributed by atoms with Gasteiger partial charge >= 0.3 is 6.61 Å². The van der Waals surface area contributed by atoms with Crippen molar-refractivity contribution >= 4 is 23.0 Å². The number of likely N-dealkylation sites (N-methyl/N-ethyl adjacent to an activating group) is 2. The van der Waals surface area contributed by atoms with Gasteiger partial charge in [0, 0.05) is 50.9 Å². The number of amides is 2. The number of fused-ring (bicyclic) bond motifs is 1. The number of benzene rings is 1. The molecular weight excluding hydrogens is 532 g/mol. The van der Waals surface area contributed by atoms with Gasteiger partial charge in [0.15, 0.2) is 11.8 Å². The quantitative estimate of drug-likeness (QED) is 0.260. The van der Waals surface area contributed by atoms with Crippen LogP contribution in [0.1, 0.15) is 41.0 Å². The minimum absolute atomic E-state index is 0.00683. The highest BCUT2D eigenvalue weighted by molar-refractivity contribution is 6.02. The smallest absolute Gasteiger partial charge is 0.387 e. The molecule has 1 unspecified atom stereocenters. The number of alkyl halides is 4. The fraction of sp³-hybridized carbons (Fsp3) is 0.333. The van der Waals surface area contributed by atoms with Crippen LogP contribution in [-0.4, -0.2) is 77.2 Å². The Morgan fingerprint density at radius 3 is 2.58 bits per heavy atom. The normalized spacial score (nSPS) is 12.9. The zero-order chi connectivity index (χ0) is 29.4. The summed E-state index contributed by atoms with van der Waals surface area (Å²) >= 11 is 0. The van der Waals surface area contributed by atoms with Crippen LogP contribution in [-0.2, 0) is 4.79 Å². The molecule has 2 amide bonds. The van der Waals surface area contributed by atoms with Crippen molar-refractivity contribution in [1.29, 1.82) is 0 Å². The molecule has 1 aromatic carbocycles. The van der Waals surface area contributed by atoms with Gasteiger partial charge in [0.05, 0.1) is 18.4 Å². The van der Waals surface area contributed by atoms with Gasteiger partial charge in [-0.25, -0.2) is 18.3 Å². The van der Waals surface area contributed by atoms with Crippen LogP contribution in [0.3, 0.4) is 0 Å². The molecule has 0 bridgehead atoms. The lowest BCUT2D eigenvalue weighted by atomic mass is 9.96. The Bertz CT molecular complexity index is 1410. The number of nitrogens with zero attached hydrogens (tertiary/aromatic N) is 5. The summed E-state index contributed by atoms with van der Waals surface area (Å²) in [5, 5.41) is 6.87. The van der Waals surface area contributed by atoms with Crippen molar-refractivity contribution < 1.29 is 31.9 Å². The number of rotatable bonds is 12. The van der Waals surface area contributed by atoms with E-state index in [1.807, 2.05) is 0 Å². The van der Waals surface area contributed by atoms with Crippen molar-refractivity contribution in [2.24, 2.45) is 0 Å². The first-order valence-corrected chi connectivity index (χ1v) is 12.3. The average Bonchev–Trinajstić information content (AvgIpc) is 3.35. The minimum Gasteiger partial charge on any atom is -0.434 e. The van der Waals surface area contributed by atoms with Gasteiger partial charge in [0.1, 0.15) is 18.0 Å². The predicted octanol–water partition coefficient (Wildman–Crippen LogP) is 4.40. The number of allylic oxidation sites excluding steroid dienone is 2. The molecule has 0 aliphatic rings. The summed E-state index contributed by atoms with van der Waals surface area (Å²) in [6, 6.07) is 5.12. The van der Waals surface area contributed by atoms with E-state index >= 15 is 0 Å². The molecule has 3 rings (SSSR count). The first kappa shape index (κ1) is 30.1. The molecule has 0 saturated heterocycles. The molecule has 1 atom stereocenters. The fourth-order valence-electron chi connectivity index (χ4n) is 3.78. The maximum atomic E-state index is 14.3. The third kappa shape index (κ3) is 7.36. The molecule has 214 valence electrons. The second-order valence-electron chi connectivity index (χ2n) is 8.93. The lowest BCUT2D eigenvalue weighted by molar-refractivity contribution is -0.129. The van der Waals surface area contributed by atoms with Crippen molar-refractivity contribution in [2.45, 2.75) is 26.1 Å². The highest BCUT2D eigenvalue weighted by Crippen LogP contribution is 2.35. The molecule has 9 nitrogen and oxygen atoms in total. The number of carbonyl (C=O) groups excluding carboxylic acids is 2. The molecule has 2 heterocycles. The van der Waals surface area contributed by atoms with Crippen LogP contribution in [0.4, 0.5) is 17.6 Å². The van der Waals surface area contributed by atoms with Crippen molar-refractivity contribution in [2.75, 3.05) is 34.4 Å². The second-order valence-corrected chi connectivity index (χ2v) is 8.93. The Kier molecular flexibility index (Phi) is 10.2. The number of nitrogens with one attached hydrogen (secondary N) is 1. The molecule has 3 aromatic rings. The predicted molar refractivity (Wildman–Crippen MR) is 141 cm³/mol. The summed E-state index contributed by atoms with van der Waals surface area (Å²) in [6.07, 6.45) is 5.83. The largest absolute Gasteiger partial charge is 0.434 e. The van der Waals surface area contributed by atoms with Gasteiger partial charge in [-0.05, 0) is 30.2 Å². The van der Waals surface area contributed by atoms with E-state index in [2.05, 4.69) is 15.4 Å². The van der Waals surface area contributed by atoms with Crippen LogP contribution in [0, 0.1) is 0 Å². The SMILES string of the molecule is CC/C=C(\C(=C/N(C)CC(=O)N(C)C)NC(=O)c1cnn2cccnc12)c1cc(C(F)CF)ccc1OC(F)F. The van der Waals surface area contributed by atoms with Crippen LogP contribution >= 0.6 is 0 Å². The summed E-state index contributed by atoms with van der Waals surface area (Å²) in [6.45, 7) is -2.84. The molecular formula is C27H30F4N6O3. The van der Waals surface area contributed by atoms with Crippen LogP contribution in [0.5, 0.6) is 5.75 Å². The molecule has 0 radical (unpaired) electrons. The summed E-state index contributed by atoms with van der Waals surface area (Å²) in [5.41, 5.74) is 0.551. The third-order valence-electron chi connectivity index (χ3n) is 5.71. The molecule has 2 aromatic heterocycles. The Hall–Kier alpha value is -4.42. The Labute approximate surface area is 228 Å². The highest BCUT2D eigenvalue weighted by Gasteiger charge is 2.23. The molecule has 0 spiro atoms. The monoisotopic (exact) mass is 562 g/mol. The van der Waals surface area contributed by atoms with E-state index in [1.54, 1.807) is 46.4 Å².